The van der Waals surface area contributed by atoms with Crippen molar-refractivity contribution in [3.63, 3.8) is 0 Å². The van der Waals surface area contributed by atoms with E-state index in [1.807, 2.05) is 23.6 Å². The molecule has 144 valence electrons. The molecule has 0 aliphatic carbocycles. The first-order chi connectivity index (χ1) is 13.5. The van der Waals surface area contributed by atoms with E-state index in [9.17, 15) is 9.59 Å². The van der Waals surface area contributed by atoms with Gasteiger partial charge in [0, 0.05) is 22.8 Å². The summed E-state index contributed by atoms with van der Waals surface area (Å²) < 4.78 is 1.92. The van der Waals surface area contributed by atoms with E-state index >= 15 is 0 Å². The molecule has 7 nitrogen and oxygen atoms in total. The van der Waals surface area contributed by atoms with Gasteiger partial charge in [-0.25, -0.2) is 4.79 Å². The third kappa shape index (κ3) is 4.71. The molecule has 0 aliphatic heterocycles. The van der Waals surface area contributed by atoms with Crippen molar-refractivity contribution in [3.8, 4) is 11.4 Å². The van der Waals surface area contributed by atoms with Crippen LogP contribution >= 0.6 is 23.4 Å². The van der Waals surface area contributed by atoms with E-state index in [4.69, 9.17) is 16.7 Å². The predicted octanol–water partition coefficient (Wildman–Crippen LogP) is 4.05. The summed E-state index contributed by atoms with van der Waals surface area (Å²) in [5, 5.41) is 21.4. The lowest BCUT2D eigenvalue weighted by molar-refractivity contribution is -0.113. The van der Waals surface area contributed by atoms with Gasteiger partial charge in [0.2, 0.25) is 5.91 Å². The number of nitrogens with zero attached hydrogens (tertiary/aromatic N) is 3. The number of amides is 1. The van der Waals surface area contributed by atoms with Crippen LogP contribution in [-0.2, 0) is 11.3 Å². The molecule has 2 aromatic carbocycles. The van der Waals surface area contributed by atoms with E-state index in [1.54, 1.807) is 24.3 Å². The van der Waals surface area contributed by atoms with Crippen molar-refractivity contribution in [2.45, 2.75) is 18.6 Å². The van der Waals surface area contributed by atoms with Crippen molar-refractivity contribution in [2.75, 3.05) is 11.1 Å². The van der Waals surface area contributed by atoms with Crippen LogP contribution in [0.4, 0.5) is 5.69 Å². The molecule has 0 unspecified atom stereocenters. The maximum absolute atomic E-state index is 12.2. The lowest BCUT2D eigenvalue weighted by Gasteiger charge is -2.08. The summed E-state index contributed by atoms with van der Waals surface area (Å²) >= 11 is 7.20. The van der Waals surface area contributed by atoms with Gasteiger partial charge in [-0.3, -0.25) is 4.79 Å². The number of thioether (sulfide) groups is 1. The van der Waals surface area contributed by atoms with Crippen molar-refractivity contribution in [3.05, 3.63) is 59.1 Å². The lowest BCUT2D eigenvalue weighted by atomic mass is 10.2. The molecule has 2 N–H and O–H groups in total. The summed E-state index contributed by atoms with van der Waals surface area (Å²) in [7, 11) is 0. The van der Waals surface area contributed by atoms with Crippen LogP contribution in [-0.4, -0.2) is 37.5 Å². The molecule has 0 spiro atoms. The van der Waals surface area contributed by atoms with Gasteiger partial charge in [0.1, 0.15) is 0 Å². The predicted molar refractivity (Wildman–Crippen MR) is 109 cm³/mol. The minimum Gasteiger partial charge on any atom is -0.478 e. The van der Waals surface area contributed by atoms with E-state index in [2.05, 4.69) is 15.5 Å². The first-order valence-electron chi connectivity index (χ1n) is 8.43. The standard InChI is InChI=1S/C19H17ClN4O3S/c1-2-24-17(12-6-8-14(20)9-7-12)22-23-19(24)28-11-16(25)21-15-5-3-4-13(10-15)18(26)27/h3-10H,2,11H2,1H3,(H,21,25)(H,26,27). The summed E-state index contributed by atoms with van der Waals surface area (Å²) in [6.07, 6.45) is 0. The van der Waals surface area contributed by atoms with Gasteiger partial charge in [-0.15, -0.1) is 10.2 Å². The number of aromatic nitrogens is 3. The van der Waals surface area contributed by atoms with Crippen LogP contribution in [0, 0.1) is 0 Å². The number of halogens is 1. The zero-order valence-corrected chi connectivity index (χ0v) is 16.5. The van der Waals surface area contributed by atoms with Gasteiger partial charge in [-0.2, -0.15) is 0 Å². The Morgan fingerprint density at radius 3 is 2.61 bits per heavy atom. The topological polar surface area (TPSA) is 97.1 Å². The number of hydrogen-bond donors (Lipinski definition) is 2. The molecular weight excluding hydrogens is 400 g/mol. The third-order valence-corrected chi connectivity index (χ3v) is 5.08. The number of nitrogens with one attached hydrogen (secondary N) is 1. The largest absolute Gasteiger partial charge is 0.478 e. The molecule has 0 aliphatic rings. The minimum atomic E-state index is -1.05. The quantitative estimate of drug-likeness (QED) is 0.564. The summed E-state index contributed by atoms with van der Waals surface area (Å²) in [4.78, 5) is 23.2. The first-order valence-corrected chi connectivity index (χ1v) is 9.79. The molecule has 1 heterocycles. The van der Waals surface area contributed by atoms with Crippen LogP contribution in [0.2, 0.25) is 5.02 Å². The summed E-state index contributed by atoms with van der Waals surface area (Å²) in [5.41, 5.74) is 1.44. The number of rotatable bonds is 7. The number of anilines is 1. The molecule has 0 saturated heterocycles. The lowest BCUT2D eigenvalue weighted by Crippen LogP contribution is -2.15. The zero-order valence-electron chi connectivity index (χ0n) is 14.9. The maximum atomic E-state index is 12.2. The van der Waals surface area contributed by atoms with Gasteiger partial charge in [0.25, 0.3) is 0 Å². The number of carbonyl (C=O) groups excluding carboxylic acids is 1. The van der Waals surface area contributed by atoms with Crippen LogP contribution in [0.1, 0.15) is 17.3 Å². The summed E-state index contributed by atoms with van der Waals surface area (Å²) in [6.45, 7) is 2.62. The average molecular weight is 417 g/mol. The second-order valence-corrected chi connectivity index (χ2v) is 7.16. The zero-order chi connectivity index (χ0) is 20.1. The number of benzene rings is 2. The Labute approximate surface area is 170 Å². The number of hydrogen-bond acceptors (Lipinski definition) is 5. The molecule has 3 rings (SSSR count). The van der Waals surface area contributed by atoms with Crippen LogP contribution in [0.15, 0.2) is 53.7 Å². The van der Waals surface area contributed by atoms with Gasteiger partial charge in [0.05, 0.1) is 11.3 Å². The van der Waals surface area contributed by atoms with E-state index in [0.717, 1.165) is 5.56 Å². The van der Waals surface area contributed by atoms with Gasteiger partial charge in [0.15, 0.2) is 11.0 Å². The van der Waals surface area contributed by atoms with E-state index in [-0.39, 0.29) is 17.2 Å². The molecule has 0 atom stereocenters. The number of aromatic carboxylic acids is 1. The Morgan fingerprint density at radius 2 is 1.93 bits per heavy atom. The van der Waals surface area contributed by atoms with Gasteiger partial charge >= 0.3 is 5.97 Å². The summed E-state index contributed by atoms with van der Waals surface area (Å²) in [5.74, 6) is -0.477. The van der Waals surface area contributed by atoms with Crippen molar-refractivity contribution in [1.29, 1.82) is 0 Å². The number of carbonyl (C=O) groups is 2. The Bertz CT molecular complexity index is 1000. The fraction of sp³-hybridized carbons (Fsp3) is 0.158. The van der Waals surface area contributed by atoms with Crippen LogP contribution in [0.25, 0.3) is 11.4 Å². The highest BCUT2D eigenvalue weighted by atomic mass is 35.5. The molecule has 0 bridgehead atoms. The normalized spacial score (nSPS) is 10.6. The first kappa shape index (κ1) is 19.9. The minimum absolute atomic E-state index is 0.115. The smallest absolute Gasteiger partial charge is 0.335 e. The molecule has 1 aromatic heterocycles. The molecule has 9 heteroatoms. The fourth-order valence-corrected chi connectivity index (χ4v) is 3.48. The number of carboxylic acids is 1. The highest BCUT2D eigenvalue weighted by Gasteiger charge is 2.15. The van der Waals surface area contributed by atoms with Crippen LogP contribution in [0.3, 0.4) is 0 Å². The molecule has 1 amide bonds. The van der Waals surface area contributed by atoms with Crippen molar-refractivity contribution in [1.82, 2.24) is 14.8 Å². The molecule has 0 fully saturated rings. The monoisotopic (exact) mass is 416 g/mol. The fourth-order valence-electron chi connectivity index (χ4n) is 2.55. The van der Waals surface area contributed by atoms with Crippen LogP contribution < -0.4 is 5.32 Å². The Kier molecular flexibility index (Phi) is 6.33. The maximum Gasteiger partial charge on any atom is 0.335 e. The number of carboxylic acid groups (broad SMARTS) is 1. The van der Waals surface area contributed by atoms with Crippen molar-refractivity contribution < 1.29 is 14.7 Å². The molecule has 28 heavy (non-hydrogen) atoms. The van der Waals surface area contributed by atoms with Gasteiger partial charge in [-0.05, 0) is 49.4 Å². The SMILES string of the molecule is CCn1c(SCC(=O)Nc2cccc(C(=O)O)c2)nnc1-c1ccc(Cl)cc1. The summed E-state index contributed by atoms with van der Waals surface area (Å²) in [6, 6.07) is 13.4. The Balaban J connectivity index is 1.67. The molecule has 0 radical (unpaired) electrons. The highest BCUT2D eigenvalue weighted by molar-refractivity contribution is 7.99. The Morgan fingerprint density at radius 1 is 1.18 bits per heavy atom. The molecule has 3 aromatic rings. The van der Waals surface area contributed by atoms with Crippen LogP contribution in [0.5, 0.6) is 0 Å². The van der Waals surface area contributed by atoms with E-state index in [0.29, 0.717) is 28.2 Å². The highest BCUT2D eigenvalue weighted by Crippen LogP contribution is 2.25. The Hall–Kier alpha value is -2.84. The van der Waals surface area contributed by atoms with Crippen molar-refractivity contribution >= 4 is 40.9 Å². The van der Waals surface area contributed by atoms with E-state index < -0.39 is 5.97 Å². The van der Waals surface area contributed by atoms with Gasteiger partial charge in [-0.1, -0.05) is 29.4 Å². The molecular formula is C19H17ClN4O3S. The van der Waals surface area contributed by atoms with Gasteiger partial charge < -0.3 is 15.0 Å². The second kappa shape index (κ2) is 8.90. The molecule has 0 saturated carbocycles. The van der Waals surface area contributed by atoms with E-state index in [1.165, 1.54) is 23.9 Å². The average Bonchev–Trinajstić information content (AvgIpc) is 3.10. The van der Waals surface area contributed by atoms with Crippen molar-refractivity contribution in [2.24, 2.45) is 0 Å². The second-order valence-electron chi connectivity index (χ2n) is 5.78. The third-order valence-electron chi connectivity index (χ3n) is 3.86.